The molecule has 3 heteroatoms. The van der Waals surface area contributed by atoms with Crippen LogP contribution in [0.5, 0.6) is 0 Å². The Labute approximate surface area is 106 Å². The first-order valence-corrected chi connectivity index (χ1v) is 6.12. The summed E-state index contributed by atoms with van der Waals surface area (Å²) in [5, 5.41) is 2.48. The molecule has 1 amide bonds. The summed E-state index contributed by atoms with van der Waals surface area (Å²) in [6.07, 6.45) is 0.906. The van der Waals surface area contributed by atoms with E-state index in [9.17, 15) is 4.79 Å². The summed E-state index contributed by atoms with van der Waals surface area (Å²) in [5.74, 6) is 0.359. The molecule has 2 atom stereocenters. The Balaban J connectivity index is 1.91. The highest BCUT2D eigenvalue weighted by Gasteiger charge is 2.44. The third-order valence-electron chi connectivity index (χ3n) is 3.55. The van der Waals surface area contributed by atoms with Crippen molar-refractivity contribution in [3.05, 3.63) is 48.0 Å². The number of benzene rings is 2. The van der Waals surface area contributed by atoms with Crippen molar-refractivity contribution in [3.63, 3.8) is 0 Å². The summed E-state index contributed by atoms with van der Waals surface area (Å²) in [7, 11) is 1.47. The van der Waals surface area contributed by atoms with E-state index < -0.39 is 0 Å². The highest BCUT2D eigenvalue weighted by Crippen LogP contribution is 2.49. The van der Waals surface area contributed by atoms with E-state index >= 15 is 0 Å². The van der Waals surface area contributed by atoms with E-state index in [1.165, 1.54) is 23.4 Å². The summed E-state index contributed by atoms with van der Waals surface area (Å²) in [4.78, 5) is 16.4. The van der Waals surface area contributed by atoms with Crippen LogP contribution in [0.1, 0.15) is 17.9 Å². The second-order valence-corrected chi connectivity index (χ2v) is 4.69. The Morgan fingerprint density at radius 1 is 1.22 bits per heavy atom. The molecule has 0 aliphatic heterocycles. The second-order valence-electron chi connectivity index (χ2n) is 4.69. The number of hydroxylamine groups is 1. The van der Waals surface area contributed by atoms with Gasteiger partial charge in [-0.05, 0) is 28.7 Å². The van der Waals surface area contributed by atoms with Gasteiger partial charge in [0.25, 0.3) is 0 Å². The van der Waals surface area contributed by atoms with Gasteiger partial charge in [0.15, 0.2) is 0 Å². The first-order valence-electron chi connectivity index (χ1n) is 6.12. The summed E-state index contributed by atoms with van der Waals surface area (Å²) < 4.78 is 0. The standard InChI is InChI=1S/C15H15NO2/c1-18-16-15(17)14-9-13(14)12-8-4-6-10-5-2-3-7-11(10)12/h2-8,13-14H,9H2,1H3,(H,16,17). The fourth-order valence-electron chi connectivity index (χ4n) is 2.58. The molecule has 1 aliphatic carbocycles. The highest BCUT2D eigenvalue weighted by atomic mass is 16.6. The van der Waals surface area contributed by atoms with Crippen LogP contribution in [0.2, 0.25) is 0 Å². The fourth-order valence-corrected chi connectivity index (χ4v) is 2.58. The van der Waals surface area contributed by atoms with Gasteiger partial charge >= 0.3 is 0 Å². The molecular weight excluding hydrogens is 226 g/mol. The summed E-state index contributed by atoms with van der Waals surface area (Å²) in [5.41, 5.74) is 3.68. The smallest absolute Gasteiger partial charge is 0.247 e. The lowest BCUT2D eigenvalue weighted by Crippen LogP contribution is -2.23. The minimum atomic E-state index is -0.0181. The van der Waals surface area contributed by atoms with Crippen LogP contribution in [0.4, 0.5) is 0 Å². The minimum Gasteiger partial charge on any atom is -0.277 e. The Morgan fingerprint density at radius 3 is 2.83 bits per heavy atom. The molecule has 2 aromatic carbocycles. The van der Waals surface area contributed by atoms with E-state index in [0.717, 1.165) is 6.42 Å². The van der Waals surface area contributed by atoms with Gasteiger partial charge in [0, 0.05) is 5.92 Å². The molecule has 0 bridgehead atoms. The van der Waals surface area contributed by atoms with Crippen molar-refractivity contribution in [2.45, 2.75) is 12.3 Å². The molecule has 0 aromatic heterocycles. The number of amides is 1. The summed E-state index contributed by atoms with van der Waals surface area (Å²) in [6, 6.07) is 14.6. The molecule has 2 unspecified atom stereocenters. The molecule has 92 valence electrons. The zero-order chi connectivity index (χ0) is 12.5. The Bertz CT molecular complexity index is 589. The van der Waals surface area contributed by atoms with Crippen LogP contribution >= 0.6 is 0 Å². The number of carbonyl (C=O) groups is 1. The summed E-state index contributed by atoms with van der Waals surface area (Å²) >= 11 is 0. The van der Waals surface area contributed by atoms with Crippen molar-refractivity contribution >= 4 is 16.7 Å². The zero-order valence-electron chi connectivity index (χ0n) is 10.2. The third-order valence-corrected chi connectivity index (χ3v) is 3.55. The van der Waals surface area contributed by atoms with Gasteiger partial charge in [0.05, 0.1) is 7.11 Å². The van der Waals surface area contributed by atoms with Gasteiger partial charge in [0.1, 0.15) is 0 Å². The predicted molar refractivity (Wildman–Crippen MR) is 69.9 cm³/mol. The quantitative estimate of drug-likeness (QED) is 0.839. The van der Waals surface area contributed by atoms with Crippen LogP contribution in [-0.4, -0.2) is 13.0 Å². The molecule has 3 nitrogen and oxygen atoms in total. The molecule has 3 rings (SSSR count). The molecule has 0 spiro atoms. The first kappa shape index (κ1) is 11.2. The van der Waals surface area contributed by atoms with Gasteiger partial charge in [-0.2, -0.15) is 0 Å². The number of carbonyl (C=O) groups excluding carboxylic acids is 1. The van der Waals surface area contributed by atoms with E-state index in [-0.39, 0.29) is 11.8 Å². The molecule has 1 fully saturated rings. The van der Waals surface area contributed by atoms with E-state index in [0.29, 0.717) is 5.92 Å². The van der Waals surface area contributed by atoms with Gasteiger partial charge in [-0.25, -0.2) is 5.48 Å². The topological polar surface area (TPSA) is 38.3 Å². The maximum atomic E-state index is 11.7. The molecular formula is C15H15NO2. The molecule has 1 aliphatic rings. The van der Waals surface area contributed by atoms with Crippen molar-refractivity contribution < 1.29 is 9.63 Å². The lowest BCUT2D eigenvalue weighted by Gasteiger charge is -2.06. The van der Waals surface area contributed by atoms with Crippen LogP contribution in [0.25, 0.3) is 10.8 Å². The SMILES string of the molecule is CONC(=O)C1CC1c1cccc2ccccc12. The predicted octanol–water partition coefficient (Wildman–Crippen LogP) is 2.62. The van der Waals surface area contributed by atoms with Gasteiger partial charge in [-0.3, -0.25) is 9.63 Å². The third kappa shape index (κ3) is 1.87. The van der Waals surface area contributed by atoms with Gasteiger partial charge in [-0.15, -0.1) is 0 Å². The van der Waals surface area contributed by atoms with Crippen LogP contribution in [0.15, 0.2) is 42.5 Å². The average molecular weight is 241 g/mol. The van der Waals surface area contributed by atoms with E-state index in [4.69, 9.17) is 0 Å². The van der Waals surface area contributed by atoms with E-state index in [2.05, 4.69) is 40.6 Å². The molecule has 0 saturated heterocycles. The molecule has 18 heavy (non-hydrogen) atoms. The lowest BCUT2D eigenvalue weighted by molar-refractivity contribution is -0.132. The van der Waals surface area contributed by atoms with Crippen LogP contribution in [0, 0.1) is 5.92 Å². The second kappa shape index (κ2) is 4.42. The Kier molecular flexibility index (Phi) is 2.76. The minimum absolute atomic E-state index is 0.0181. The lowest BCUT2D eigenvalue weighted by atomic mass is 10.00. The largest absolute Gasteiger partial charge is 0.277 e. The number of hydrogen-bond donors (Lipinski definition) is 1. The number of fused-ring (bicyclic) bond motifs is 1. The van der Waals surface area contributed by atoms with Crippen molar-refractivity contribution in [1.82, 2.24) is 5.48 Å². The number of rotatable bonds is 3. The molecule has 0 radical (unpaired) electrons. The van der Waals surface area contributed by atoms with Crippen molar-refractivity contribution in [3.8, 4) is 0 Å². The fraction of sp³-hybridized carbons (Fsp3) is 0.267. The number of nitrogens with one attached hydrogen (secondary N) is 1. The van der Waals surface area contributed by atoms with Gasteiger partial charge < -0.3 is 0 Å². The zero-order valence-corrected chi connectivity index (χ0v) is 10.2. The van der Waals surface area contributed by atoms with Crippen molar-refractivity contribution in [2.24, 2.45) is 5.92 Å². The Morgan fingerprint density at radius 2 is 2.00 bits per heavy atom. The first-order chi connectivity index (χ1) is 8.81. The highest BCUT2D eigenvalue weighted by molar-refractivity contribution is 5.89. The van der Waals surface area contributed by atoms with Gasteiger partial charge in [0.2, 0.25) is 5.91 Å². The molecule has 1 N–H and O–H groups in total. The maximum absolute atomic E-state index is 11.7. The van der Waals surface area contributed by atoms with Crippen LogP contribution in [-0.2, 0) is 9.63 Å². The van der Waals surface area contributed by atoms with Crippen LogP contribution in [0.3, 0.4) is 0 Å². The normalized spacial score (nSPS) is 21.8. The van der Waals surface area contributed by atoms with E-state index in [1.807, 2.05) is 12.1 Å². The average Bonchev–Trinajstić information content (AvgIpc) is 3.18. The Hall–Kier alpha value is -1.87. The maximum Gasteiger partial charge on any atom is 0.247 e. The molecule has 0 heterocycles. The van der Waals surface area contributed by atoms with Crippen molar-refractivity contribution in [2.75, 3.05) is 7.11 Å². The summed E-state index contributed by atoms with van der Waals surface area (Å²) in [6.45, 7) is 0. The monoisotopic (exact) mass is 241 g/mol. The number of hydrogen-bond acceptors (Lipinski definition) is 2. The molecule has 1 saturated carbocycles. The van der Waals surface area contributed by atoms with E-state index in [1.54, 1.807) is 0 Å². The van der Waals surface area contributed by atoms with Gasteiger partial charge in [-0.1, -0.05) is 42.5 Å². The van der Waals surface area contributed by atoms with Crippen molar-refractivity contribution in [1.29, 1.82) is 0 Å². The molecule has 2 aromatic rings. The van der Waals surface area contributed by atoms with Crippen LogP contribution < -0.4 is 5.48 Å².